The molecule has 0 aliphatic carbocycles. The van der Waals surface area contributed by atoms with Crippen LogP contribution >= 0.6 is 0 Å². The molecule has 0 spiro atoms. The molecule has 12 heteroatoms. The van der Waals surface area contributed by atoms with Gasteiger partial charge in [0, 0.05) is 23.7 Å². The molecular weight excluding hydrogens is 443 g/mol. The summed E-state index contributed by atoms with van der Waals surface area (Å²) < 4.78 is 36.9. The number of amides is 1. The van der Waals surface area contributed by atoms with Crippen molar-refractivity contribution in [2.24, 2.45) is 0 Å². The Hall–Kier alpha value is -4.35. The Morgan fingerprint density at radius 1 is 1.15 bits per heavy atom. The van der Waals surface area contributed by atoms with Gasteiger partial charge in [0.25, 0.3) is 5.91 Å². The maximum absolute atomic E-state index is 12.4. The van der Waals surface area contributed by atoms with Crippen molar-refractivity contribution in [2.75, 3.05) is 7.11 Å². The molecule has 0 aliphatic heterocycles. The highest BCUT2D eigenvalue weighted by Gasteiger charge is 2.38. The lowest BCUT2D eigenvalue weighted by Crippen LogP contribution is -2.23. The van der Waals surface area contributed by atoms with Crippen molar-refractivity contribution in [3.05, 3.63) is 66.1 Å². The van der Waals surface area contributed by atoms with Crippen LogP contribution in [-0.2, 0) is 11.3 Å². The summed E-state index contributed by atoms with van der Waals surface area (Å²) in [4.78, 5) is 28.9. The highest BCUT2D eigenvalue weighted by molar-refractivity contribution is 5.97. The first kappa shape index (κ1) is 23.3. The predicted molar refractivity (Wildman–Crippen MR) is 112 cm³/mol. The normalized spacial score (nSPS) is 10.9. The summed E-state index contributed by atoms with van der Waals surface area (Å²) in [6, 6.07) is 13.2. The molecule has 4 aromatic rings. The number of aliphatic carboxylic acids is 1. The fourth-order valence-corrected chi connectivity index (χ4v) is 2.70. The van der Waals surface area contributed by atoms with E-state index in [0.717, 1.165) is 28.0 Å². The molecule has 9 nitrogen and oxygen atoms in total. The Kier molecular flexibility index (Phi) is 6.96. The lowest BCUT2D eigenvalue weighted by atomic mass is 10.2. The molecule has 4 N–H and O–H groups in total. The van der Waals surface area contributed by atoms with Gasteiger partial charge in [0.2, 0.25) is 0 Å². The fraction of sp³-hybridized carbons (Fsp3) is 0.143. The van der Waals surface area contributed by atoms with Crippen LogP contribution in [0, 0.1) is 0 Å². The van der Waals surface area contributed by atoms with Gasteiger partial charge in [0.05, 0.1) is 19.0 Å². The van der Waals surface area contributed by atoms with Gasteiger partial charge in [0.15, 0.2) is 0 Å². The van der Waals surface area contributed by atoms with Crippen LogP contribution in [0.15, 0.2) is 54.9 Å². The summed E-state index contributed by atoms with van der Waals surface area (Å²) in [6.45, 7) is 0.436. The number of aromatic nitrogens is 4. The number of hydrogen-bond acceptors (Lipinski definition) is 5. The number of carboxylic acids is 1. The van der Waals surface area contributed by atoms with E-state index in [9.17, 15) is 18.0 Å². The second-order valence-corrected chi connectivity index (χ2v) is 6.64. The van der Waals surface area contributed by atoms with Gasteiger partial charge in [-0.3, -0.25) is 9.89 Å². The highest BCUT2D eigenvalue weighted by Crippen LogP contribution is 2.20. The average molecular weight is 461 g/mol. The standard InChI is InChI=1S/C19H17N5O2.C2HF3O2/c1-26-15-5-2-12(3-6-15)9-20-19(25)17-8-13-4-7-16(23-18(13)24-17)14-10-21-22-11-14;3-2(4,5)1(6)7/h2-8,10-11H,9H2,1H3,(H,20,25)(H,21,22)(H,23,24);(H,6,7). The third-order valence-corrected chi connectivity index (χ3v) is 4.37. The Labute approximate surface area is 184 Å². The second kappa shape index (κ2) is 9.85. The molecule has 0 unspecified atom stereocenters. The van der Waals surface area contributed by atoms with Crippen LogP contribution in [0.4, 0.5) is 13.2 Å². The van der Waals surface area contributed by atoms with Crippen LogP contribution in [0.5, 0.6) is 5.75 Å². The van der Waals surface area contributed by atoms with Crippen molar-refractivity contribution in [1.82, 2.24) is 25.5 Å². The zero-order chi connectivity index (χ0) is 24.0. The van der Waals surface area contributed by atoms with E-state index < -0.39 is 12.1 Å². The number of ether oxygens (including phenoxy) is 1. The van der Waals surface area contributed by atoms with E-state index in [4.69, 9.17) is 14.6 Å². The number of rotatable bonds is 5. The number of aromatic amines is 2. The topological polar surface area (TPSA) is 133 Å². The van der Waals surface area contributed by atoms with Crippen molar-refractivity contribution >= 4 is 22.9 Å². The smallest absolute Gasteiger partial charge is 0.490 e. The SMILES string of the molecule is COc1ccc(CNC(=O)c2cc3ccc(-c4cn[nH]c4)nc3[nH]2)cc1.O=C(O)C(F)(F)F. The first-order valence-corrected chi connectivity index (χ1v) is 9.37. The summed E-state index contributed by atoms with van der Waals surface area (Å²) in [7, 11) is 1.62. The van der Waals surface area contributed by atoms with E-state index in [-0.39, 0.29) is 5.91 Å². The minimum atomic E-state index is -5.08. The zero-order valence-electron chi connectivity index (χ0n) is 17.1. The van der Waals surface area contributed by atoms with Crippen LogP contribution < -0.4 is 10.1 Å². The molecule has 3 aromatic heterocycles. The number of carbonyl (C=O) groups excluding carboxylic acids is 1. The Bertz CT molecular complexity index is 1240. The lowest BCUT2D eigenvalue weighted by molar-refractivity contribution is -0.192. The molecule has 0 atom stereocenters. The van der Waals surface area contributed by atoms with Gasteiger partial charge < -0.3 is 20.1 Å². The average Bonchev–Trinajstić information content (AvgIpc) is 3.47. The number of fused-ring (bicyclic) bond motifs is 1. The van der Waals surface area contributed by atoms with Crippen molar-refractivity contribution in [2.45, 2.75) is 12.7 Å². The van der Waals surface area contributed by atoms with Crippen molar-refractivity contribution < 1.29 is 32.6 Å². The molecule has 0 saturated carbocycles. The molecular formula is C21H18F3N5O4. The molecule has 4 rings (SSSR count). The minimum Gasteiger partial charge on any atom is -0.497 e. The number of alkyl halides is 3. The van der Waals surface area contributed by atoms with Crippen LogP contribution in [0.1, 0.15) is 16.1 Å². The van der Waals surface area contributed by atoms with Crippen LogP contribution in [0.2, 0.25) is 0 Å². The van der Waals surface area contributed by atoms with Crippen LogP contribution in [0.25, 0.3) is 22.3 Å². The van der Waals surface area contributed by atoms with E-state index in [1.807, 2.05) is 36.4 Å². The number of nitrogens with zero attached hydrogens (tertiary/aromatic N) is 2. The quantitative estimate of drug-likeness (QED) is 0.359. The molecule has 3 heterocycles. The number of nitrogens with one attached hydrogen (secondary N) is 3. The van der Waals surface area contributed by atoms with Gasteiger partial charge in [-0.05, 0) is 35.9 Å². The molecule has 1 aromatic carbocycles. The Morgan fingerprint density at radius 2 is 1.85 bits per heavy atom. The number of carbonyl (C=O) groups is 2. The van der Waals surface area contributed by atoms with E-state index in [1.165, 1.54) is 0 Å². The monoisotopic (exact) mass is 461 g/mol. The fourth-order valence-electron chi connectivity index (χ4n) is 2.70. The molecule has 172 valence electrons. The molecule has 33 heavy (non-hydrogen) atoms. The summed E-state index contributed by atoms with van der Waals surface area (Å²) in [5.41, 5.74) is 3.82. The van der Waals surface area contributed by atoms with E-state index in [0.29, 0.717) is 17.9 Å². The minimum absolute atomic E-state index is 0.177. The van der Waals surface area contributed by atoms with Crippen LogP contribution in [-0.4, -0.2) is 50.4 Å². The number of carboxylic acid groups (broad SMARTS) is 1. The van der Waals surface area contributed by atoms with Gasteiger partial charge in [-0.25, -0.2) is 9.78 Å². The number of pyridine rings is 1. The first-order valence-electron chi connectivity index (χ1n) is 9.37. The molecule has 0 bridgehead atoms. The Morgan fingerprint density at radius 3 is 2.42 bits per heavy atom. The van der Waals surface area contributed by atoms with Gasteiger partial charge in [-0.2, -0.15) is 18.3 Å². The maximum Gasteiger partial charge on any atom is 0.490 e. The van der Waals surface area contributed by atoms with Gasteiger partial charge in [-0.1, -0.05) is 12.1 Å². The van der Waals surface area contributed by atoms with E-state index in [1.54, 1.807) is 25.6 Å². The molecule has 0 radical (unpaired) electrons. The summed E-state index contributed by atoms with van der Waals surface area (Å²) in [5, 5.41) is 17.6. The maximum atomic E-state index is 12.4. The highest BCUT2D eigenvalue weighted by atomic mass is 19.4. The molecule has 0 saturated heterocycles. The number of halogens is 3. The number of benzene rings is 1. The third kappa shape index (κ3) is 6.09. The van der Waals surface area contributed by atoms with Gasteiger partial charge in [-0.15, -0.1) is 0 Å². The van der Waals surface area contributed by atoms with E-state index >= 15 is 0 Å². The lowest BCUT2D eigenvalue weighted by Gasteiger charge is -2.05. The zero-order valence-corrected chi connectivity index (χ0v) is 17.1. The van der Waals surface area contributed by atoms with Crippen molar-refractivity contribution in [1.29, 1.82) is 0 Å². The van der Waals surface area contributed by atoms with Gasteiger partial charge >= 0.3 is 12.1 Å². The van der Waals surface area contributed by atoms with E-state index in [2.05, 4.69) is 25.5 Å². The first-order chi connectivity index (χ1) is 15.7. The third-order valence-electron chi connectivity index (χ3n) is 4.37. The molecule has 0 aliphatic rings. The summed E-state index contributed by atoms with van der Waals surface area (Å²) in [5.74, 6) is -2.15. The summed E-state index contributed by atoms with van der Waals surface area (Å²) in [6.07, 6.45) is -1.60. The number of H-pyrrole nitrogens is 2. The van der Waals surface area contributed by atoms with Crippen molar-refractivity contribution in [3.63, 3.8) is 0 Å². The van der Waals surface area contributed by atoms with Crippen LogP contribution in [0.3, 0.4) is 0 Å². The molecule has 1 amide bonds. The second-order valence-electron chi connectivity index (χ2n) is 6.64. The van der Waals surface area contributed by atoms with Gasteiger partial charge in [0.1, 0.15) is 17.1 Å². The largest absolute Gasteiger partial charge is 0.497 e. The summed E-state index contributed by atoms with van der Waals surface area (Å²) >= 11 is 0. The number of hydrogen-bond donors (Lipinski definition) is 4. The predicted octanol–water partition coefficient (Wildman–Crippen LogP) is 3.52. The Balaban J connectivity index is 0.000000383. The number of methoxy groups -OCH3 is 1. The molecule has 0 fully saturated rings. The van der Waals surface area contributed by atoms with Crippen molar-refractivity contribution in [3.8, 4) is 17.0 Å².